The topological polar surface area (TPSA) is 33.1 Å². The van der Waals surface area contributed by atoms with Gasteiger partial charge >= 0.3 is 0 Å². The van der Waals surface area contributed by atoms with Crippen LogP contribution in [0.2, 0.25) is 5.02 Å². The number of rotatable bonds is 0. The molecule has 0 aliphatic carbocycles. The van der Waals surface area contributed by atoms with Crippen LogP contribution in [-0.4, -0.2) is 10.1 Å². The molecule has 0 bridgehead atoms. The maximum atomic E-state index is 8.95. The molecule has 0 amide bonds. The molecule has 0 aliphatic heterocycles. The molecular weight excluding hydrogens is 252 g/mol. The smallest absolute Gasteiger partial charge is 0.148 e. The van der Waals surface area contributed by atoms with Gasteiger partial charge in [-0.15, -0.1) is 0 Å². The highest BCUT2D eigenvalue weighted by molar-refractivity contribution is 14.1. The molecule has 0 atom stereocenters. The highest BCUT2D eigenvalue weighted by atomic mass is 127. The van der Waals surface area contributed by atoms with Crippen molar-refractivity contribution in [1.82, 2.24) is 4.98 Å². The summed E-state index contributed by atoms with van der Waals surface area (Å²) >= 11 is 7.53. The SMILES string of the molecule is Oc1cncc(Cl)c1I. The van der Waals surface area contributed by atoms with Gasteiger partial charge < -0.3 is 5.11 Å². The molecule has 48 valence electrons. The summed E-state index contributed by atoms with van der Waals surface area (Å²) in [5, 5.41) is 9.43. The van der Waals surface area contributed by atoms with Gasteiger partial charge in [-0.3, -0.25) is 4.98 Å². The molecule has 0 aliphatic rings. The summed E-state index contributed by atoms with van der Waals surface area (Å²) in [5.74, 6) is 0.128. The van der Waals surface area contributed by atoms with E-state index in [2.05, 4.69) is 4.98 Å². The summed E-state index contributed by atoms with van der Waals surface area (Å²) < 4.78 is 0.643. The van der Waals surface area contributed by atoms with Crippen molar-refractivity contribution in [2.75, 3.05) is 0 Å². The van der Waals surface area contributed by atoms with Gasteiger partial charge in [0.2, 0.25) is 0 Å². The first-order valence-electron chi connectivity index (χ1n) is 2.20. The van der Waals surface area contributed by atoms with E-state index < -0.39 is 0 Å². The van der Waals surface area contributed by atoms with Crippen LogP contribution in [0.25, 0.3) is 0 Å². The summed E-state index contributed by atoms with van der Waals surface area (Å²) in [4.78, 5) is 3.66. The van der Waals surface area contributed by atoms with Gasteiger partial charge in [-0.2, -0.15) is 0 Å². The molecule has 0 saturated carbocycles. The quantitative estimate of drug-likeness (QED) is 0.720. The Morgan fingerprint density at radius 3 is 2.67 bits per heavy atom. The van der Waals surface area contributed by atoms with Gasteiger partial charge in [0.15, 0.2) is 0 Å². The summed E-state index contributed by atoms with van der Waals surface area (Å²) in [7, 11) is 0. The summed E-state index contributed by atoms with van der Waals surface area (Å²) in [5.41, 5.74) is 0. The molecule has 0 unspecified atom stereocenters. The van der Waals surface area contributed by atoms with Crippen LogP contribution in [0.1, 0.15) is 0 Å². The van der Waals surface area contributed by atoms with Gasteiger partial charge in [-0.25, -0.2) is 0 Å². The van der Waals surface area contributed by atoms with Crippen molar-refractivity contribution in [1.29, 1.82) is 0 Å². The minimum absolute atomic E-state index is 0.128. The van der Waals surface area contributed by atoms with E-state index in [0.29, 0.717) is 8.59 Å². The first kappa shape index (κ1) is 7.08. The number of aromatic nitrogens is 1. The Balaban J connectivity index is 3.25. The van der Waals surface area contributed by atoms with Gasteiger partial charge in [-0.05, 0) is 22.6 Å². The minimum atomic E-state index is 0.128. The van der Waals surface area contributed by atoms with E-state index in [4.69, 9.17) is 16.7 Å². The van der Waals surface area contributed by atoms with Gasteiger partial charge in [0, 0.05) is 6.20 Å². The average molecular weight is 255 g/mol. The van der Waals surface area contributed by atoms with Crippen molar-refractivity contribution in [3.05, 3.63) is 21.0 Å². The maximum Gasteiger partial charge on any atom is 0.148 e. The van der Waals surface area contributed by atoms with Gasteiger partial charge in [-0.1, -0.05) is 11.6 Å². The monoisotopic (exact) mass is 255 g/mol. The molecule has 1 heterocycles. The zero-order valence-electron chi connectivity index (χ0n) is 4.31. The predicted molar refractivity (Wildman–Crippen MR) is 43.6 cm³/mol. The number of hydrogen-bond donors (Lipinski definition) is 1. The highest BCUT2D eigenvalue weighted by Crippen LogP contribution is 2.24. The lowest BCUT2D eigenvalue weighted by molar-refractivity contribution is 0.469. The van der Waals surface area contributed by atoms with E-state index >= 15 is 0 Å². The normalized spacial score (nSPS) is 9.56. The highest BCUT2D eigenvalue weighted by Gasteiger charge is 1.99. The van der Waals surface area contributed by atoms with Crippen LogP contribution in [0, 0.1) is 3.57 Å². The molecular formula is C5H3ClINO. The van der Waals surface area contributed by atoms with Crippen LogP contribution >= 0.6 is 34.2 Å². The molecule has 9 heavy (non-hydrogen) atoms. The molecule has 4 heteroatoms. The van der Waals surface area contributed by atoms with Crippen LogP contribution in [0.15, 0.2) is 12.4 Å². The molecule has 1 aromatic heterocycles. The summed E-state index contributed by atoms with van der Waals surface area (Å²) in [6.07, 6.45) is 2.84. The van der Waals surface area contributed by atoms with Crippen molar-refractivity contribution < 1.29 is 5.11 Å². The summed E-state index contributed by atoms with van der Waals surface area (Å²) in [6, 6.07) is 0. The first-order valence-corrected chi connectivity index (χ1v) is 3.65. The number of pyridine rings is 1. The lowest BCUT2D eigenvalue weighted by atomic mass is 10.5. The number of hydrogen-bond acceptors (Lipinski definition) is 2. The summed E-state index contributed by atoms with van der Waals surface area (Å²) in [6.45, 7) is 0. The van der Waals surface area contributed by atoms with E-state index in [1.54, 1.807) is 0 Å². The van der Waals surface area contributed by atoms with E-state index in [1.807, 2.05) is 22.6 Å². The lowest BCUT2D eigenvalue weighted by Gasteiger charge is -1.94. The van der Waals surface area contributed by atoms with Gasteiger partial charge in [0.25, 0.3) is 0 Å². The zero-order chi connectivity index (χ0) is 6.85. The second-order valence-electron chi connectivity index (χ2n) is 1.45. The predicted octanol–water partition coefficient (Wildman–Crippen LogP) is 2.05. The largest absolute Gasteiger partial charge is 0.505 e. The molecule has 0 fully saturated rings. The number of halogens is 2. The van der Waals surface area contributed by atoms with Crippen molar-refractivity contribution in [2.45, 2.75) is 0 Å². The van der Waals surface area contributed by atoms with E-state index in [9.17, 15) is 0 Å². The molecule has 0 aromatic carbocycles. The fourth-order valence-corrected chi connectivity index (χ4v) is 0.841. The molecule has 0 saturated heterocycles. The standard InChI is InChI=1S/C5H3ClINO/c6-3-1-8-2-4(9)5(3)7/h1-2,9H. The van der Waals surface area contributed by atoms with Crippen molar-refractivity contribution in [3.63, 3.8) is 0 Å². The molecule has 1 N–H and O–H groups in total. The van der Waals surface area contributed by atoms with Crippen LogP contribution in [-0.2, 0) is 0 Å². The van der Waals surface area contributed by atoms with E-state index in [1.165, 1.54) is 12.4 Å². The van der Waals surface area contributed by atoms with Crippen LogP contribution < -0.4 is 0 Å². The Kier molecular flexibility index (Phi) is 2.13. The lowest BCUT2D eigenvalue weighted by Crippen LogP contribution is -1.77. The second kappa shape index (κ2) is 2.70. The minimum Gasteiger partial charge on any atom is -0.505 e. The van der Waals surface area contributed by atoms with Gasteiger partial charge in [0.05, 0.1) is 14.8 Å². The van der Waals surface area contributed by atoms with Gasteiger partial charge in [0.1, 0.15) is 5.75 Å². The second-order valence-corrected chi connectivity index (χ2v) is 2.94. The van der Waals surface area contributed by atoms with Crippen LogP contribution in [0.4, 0.5) is 0 Å². The number of aromatic hydroxyl groups is 1. The third-order valence-corrected chi connectivity index (χ3v) is 2.56. The van der Waals surface area contributed by atoms with Crippen molar-refractivity contribution in [2.24, 2.45) is 0 Å². The fraction of sp³-hybridized carbons (Fsp3) is 0. The Labute approximate surface area is 71.0 Å². The third kappa shape index (κ3) is 1.46. The Morgan fingerprint density at radius 1 is 1.56 bits per heavy atom. The van der Waals surface area contributed by atoms with Crippen LogP contribution in [0.5, 0.6) is 5.75 Å². The Hall–Kier alpha value is -0.0300. The molecule has 2 nitrogen and oxygen atoms in total. The molecule has 1 aromatic rings. The van der Waals surface area contributed by atoms with Crippen molar-refractivity contribution >= 4 is 34.2 Å². The molecule has 1 rings (SSSR count). The first-order chi connectivity index (χ1) is 4.22. The zero-order valence-corrected chi connectivity index (χ0v) is 7.22. The van der Waals surface area contributed by atoms with Crippen LogP contribution in [0.3, 0.4) is 0 Å². The Bertz CT molecular complexity index is 208. The van der Waals surface area contributed by atoms with E-state index in [0.717, 1.165) is 0 Å². The van der Waals surface area contributed by atoms with Crippen molar-refractivity contribution in [3.8, 4) is 5.75 Å². The Morgan fingerprint density at radius 2 is 2.22 bits per heavy atom. The maximum absolute atomic E-state index is 8.95. The molecule has 0 radical (unpaired) electrons. The third-order valence-electron chi connectivity index (χ3n) is 0.819. The molecule has 0 spiro atoms. The average Bonchev–Trinajstić information content (AvgIpc) is 1.83. The fourth-order valence-electron chi connectivity index (χ4n) is 0.409. The van der Waals surface area contributed by atoms with E-state index in [-0.39, 0.29) is 5.75 Å². The number of nitrogens with zero attached hydrogens (tertiary/aromatic N) is 1.